The number of rotatable bonds is 6. The van der Waals surface area contributed by atoms with Crippen molar-refractivity contribution in [3.05, 3.63) is 58.3 Å². The van der Waals surface area contributed by atoms with Gasteiger partial charge in [0, 0.05) is 37.1 Å². The number of nitrogens with one attached hydrogen (secondary N) is 1. The Bertz CT molecular complexity index is 1350. The number of hydrogen-bond acceptors (Lipinski definition) is 7. The van der Waals surface area contributed by atoms with Crippen molar-refractivity contribution in [3.8, 4) is 0 Å². The van der Waals surface area contributed by atoms with Gasteiger partial charge in [-0.25, -0.2) is 27.7 Å². The summed E-state index contributed by atoms with van der Waals surface area (Å²) < 4.78 is 66.9. The van der Waals surface area contributed by atoms with Crippen molar-refractivity contribution in [2.75, 3.05) is 24.7 Å². The zero-order valence-corrected chi connectivity index (χ0v) is 22.6. The van der Waals surface area contributed by atoms with E-state index < -0.39 is 38.3 Å². The standard InChI is InChI=1S/C24H30F3N5O3S2/c1-15-13-16(23(2,3)33)5-6-18(15)20-28-9-12-36(20)21-19(24(25,26)27)14-29-22(31-21)30-17-7-10-32(11-8-17)37(4,34)35/h5-6,9,12-14,17,33,36H,7-8,10-11H2,1-4H3,(H,29,30,31). The van der Waals surface area contributed by atoms with E-state index in [4.69, 9.17) is 0 Å². The van der Waals surface area contributed by atoms with Crippen molar-refractivity contribution in [1.29, 1.82) is 0 Å². The van der Waals surface area contributed by atoms with Crippen LogP contribution >= 0.6 is 10.9 Å². The molecule has 1 saturated heterocycles. The molecule has 0 spiro atoms. The lowest BCUT2D eigenvalue weighted by molar-refractivity contribution is -0.140. The largest absolute Gasteiger partial charge is 0.420 e. The molecule has 0 bridgehead atoms. The predicted molar refractivity (Wildman–Crippen MR) is 139 cm³/mol. The molecule has 0 radical (unpaired) electrons. The number of anilines is 1. The van der Waals surface area contributed by atoms with E-state index in [1.54, 1.807) is 31.4 Å². The highest BCUT2D eigenvalue weighted by Gasteiger charge is 2.38. The fourth-order valence-electron chi connectivity index (χ4n) is 4.31. The van der Waals surface area contributed by atoms with Gasteiger partial charge < -0.3 is 10.4 Å². The van der Waals surface area contributed by atoms with Crippen molar-refractivity contribution in [3.63, 3.8) is 0 Å². The Balaban J connectivity index is 1.64. The second kappa shape index (κ2) is 10.0. The molecular weight excluding hydrogens is 527 g/mol. The molecule has 1 atom stereocenters. The normalized spacial score (nSPS) is 20.8. The molecule has 8 nitrogen and oxygen atoms in total. The van der Waals surface area contributed by atoms with Gasteiger partial charge in [0.25, 0.3) is 0 Å². The Morgan fingerprint density at radius 2 is 1.86 bits per heavy atom. The molecule has 1 aromatic carbocycles. The van der Waals surface area contributed by atoms with Crippen LogP contribution in [0.15, 0.2) is 46.0 Å². The van der Waals surface area contributed by atoms with E-state index in [0.717, 1.165) is 18.0 Å². The van der Waals surface area contributed by atoms with E-state index in [-0.39, 0.29) is 17.0 Å². The van der Waals surface area contributed by atoms with Crippen molar-refractivity contribution < 1.29 is 26.7 Å². The van der Waals surface area contributed by atoms with Crippen LogP contribution in [0.1, 0.15) is 48.9 Å². The van der Waals surface area contributed by atoms with Gasteiger partial charge in [-0.15, -0.1) is 10.9 Å². The highest BCUT2D eigenvalue weighted by molar-refractivity contribution is 8.33. The summed E-state index contributed by atoms with van der Waals surface area (Å²) >= 11 is 0. The second-order valence-corrected chi connectivity index (χ2v) is 13.6. The van der Waals surface area contributed by atoms with Gasteiger partial charge >= 0.3 is 6.18 Å². The minimum atomic E-state index is -4.65. The fourth-order valence-corrected chi connectivity index (χ4v) is 7.21. The van der Waals surface area contributed by atoms with E-state index in [1.165, 1.54) is 10.5 Å². The predicted octanol–water partition coefficient (Wildman–Crippen LogP) is 4.16. The van der Waals surface area contributed by atoms with Gasteiger partial charge in [0.1, 0.15) is 10.6 Å². The van der Waals surface area contributed by atoms with Crippen LogP contribution < -0.4 is 5.32 Å². The Morgan fingerprint density at radius 1 is 1.19 bits per heavy atom. The van der Waals surface area contributed by atoms with E-state index in [2.05, 4.69) is 20.3 Å². The third kappa shape index (κ3) is 6.16. The molecule has 1 aromatic heterocycles. The van der Waals surface area contributed by atoms with Crippen molar-refractivity contribution in [2.24, 2.45) is 4.99 Å². The van der Waals surface area contributed by atoms with E-state index >= 15 is 0 Å². The molecule has 0 aliphatic carbocycles. The topological polar surface area (TPSA) is 108 Å². The Hall–Kier alpha value is -2.48. The average molecular weight is 558 g/mol. The molecule has 2 aliphatic heterocycles. The van der Waals surface area contributed by atoms with Crippen LogP contribution in [0.25, 0.3) is 0 Å². The number of hydrogen-bond donors (Lipinski definition) is 3. The smallest absolute Gasteiger partial charge is 0.386 e. The van der Waals surface area contributed by atoms with Gasteiger partial charge in [0.2, 0.25) is 16.0 Å². The zero-order chi connectivity index (χ0) is 27.2. The molecule has 13 heteroatoms. The number of aliphatic imine (C=N–C) groups is 1. The van der Waals surface area contributed by atoms with E-state index in [1.807, 2.05) is 13.0 Å². The highest BCUT2D eigenvalue weighted by atomic mass is 32.2. The number of halogens is 3. The van der Waals surface area contributed by atoms with Crippen LogP contribution in [0.4, 0.5) is 19.1 Å². The second-order valence-electron chi connectivity index (χ2n) is 9.72. The van der Waals surface area contributed by atoms with Crippen LogP contribution in [0.3, 0.4) is 0 Å². The van der Waals surface area contributed by atoms with Crippen LogP contribution in [0.2, 0.25) is 0 Å². The van der Waals surface area contributed by atoms with Gasteiger partial charge in [0.15, 0.2) is 0 Å². The van der Waals surface area contributed by atoms with Crippen molar-refractivity contribution >= 4 is 31.9 Å². The molecule has 4 rings (SSSR count). The lowest BCUT2D eigenvalue weighted by Gasteiger charge is -2.31. The third-order valence-corrected chi connectivity index (χ3v) is 9.72. The minimum Gasteiger partial charge on any atom is -0.386 e. The molecule has 1 fully saturated rings. The molecule has 0 amide bonds. The van der Waals surface area contributed by atoms with Crippen molar-refractivity contribution in [2.45, 2.75) is 56.5 Å². The zero-order valence-electron chi connectivity index (χ0n) is 20.9. The van der Waals surface area contributed by atoms with Gasteiger partial charge in [-0.3, -0.25) is 0 Å². The first-order valence-corrected chi connectivity index (χ1v) is 14.9. The number of piperidine rings is 1. The summed E-state index contributed by atoms with van der Waals surface area (Å²) in [4.78, 5) is 12.7. The first-order chi connectivity index (χ1) is 17.1. The quantitative estimate of drug-likeness (QED) is 0.364. The summed E-state index contributed by atoms with van der Waals surface area (Å²) in [6, 6.07) is 5.16. The maximum absolute atomic E-state index is 14.0. The first-order valence-electron chi connectivity index (χ1n) is 11.7. The molecule has 2 N–H and O–H groups in total. The van der Waals surface area contributed by atoms with Gasteiger partial charge in [-0.2, -0.15) is 13.2 Å². The number of benzene rings is 1. The molecule has 0 saturated carbocycles. The third-order valence-electron chi connectivity index (χ3n) is 6.37. The average Bonchev–Trinajstić information content (AvgIpc) is 3.27. The molecule has 202 valence electrons. The number of nitrogens with zero attached hydrogens (tertiary/aromatic N) is 4. The van der Waals surface area contributed by atoms with Crippen molar-refractivity contribution in [1.82, 2.24) is 14.3 Å². The summed E-state index contributed by atoms with van der Waals surface area (Å²) in [5.74, 6) is 0.0667. The lowest BCUT2D eigenvalue weighted by atomic mass is 9.95. The van der Waals surface area contributed by atoms with Gasteiger partial charge in [-0.05, 0) is 50.1 Å². The molecule has 3 heterocycles. The number of thiol groups is 1. The molecule has 2 aromatic rings. The van der Waals surface area contributed by atoms with Crippen LogP contribution in [-0.4, -0.2) is 58.2 Å². The summed E-state index contributed by atoms with van der Waals surface area (Å²) in [6.07, 6.45) is -0.226. The number of alkyl halides is 3. The SMILES string of the molecule is Cc1cc(C(C)(C)O)ccc1C1=NC=C[SH]1c1nc(NC2CCN(S(C)(=O)=O)CC2)ncc1C(F)(F)F. The highest BCUT2D eigenvalue weighted by Crippen LogP contribution is 2.49. The lowest BCUT2D eigenvalue weighted by Crippen LogP contribution is -2.42. The number of aryl methyl sites for hydroxylation is 1. The van der Waals surface area contributed by atoms with Gasteiger partial charge in [0.05, 0.1) is 16.9 Å². The molecule has 2 aliphatic rings. The monoisotopic (exact) mass is 557 g/mol. The fraction of sp³-hybridized carbons (Fsp3) is 0.458. The van der Waals surface area contributed by atoms with Gasteiger partial charge in [-0.1, -0.05) is 18.2 Å². The molecule has 1 unspecified atom stereocenters. The van der Waals surface area contributed by atoms with Crippen LogP contribution in [-0.2, 0) is 21.8 Å². The minimum absolute atomic E-state index is 0.0667. The van der Waals surface area contributed by atoms with E-state index in [9.17, 15) is 26.7 Å². The number of sulfonamides is 1. The Morgan fingerprint density at radius 3 is 2.43 bits per heavy atom. The van der Waals surface area contributed by atoms with Crippen LogP contribution in [0, 0.1) is 6.92 Å². The maximum Gasteiger partial charge on any atom is 0.420 e. The summed E-state index contributed by atoms with van der Waals surface area (Å²) in [5, 5.41) is 15.4. The summed E-state index contributed by atoms with van der Waals surface area (Å²) in [5.41, 5.74) is 0.196. The Labute approximate surface area is 217 Å². The number of aromatic nitrogens is 2. The Kier molecular flexibility index (Phi) is 7.45. The molecule has 37 heavy (non-hydrogen) atoms. The van der Waals surface area contributed by atoms with Crippen LogP contribution in [0.5, 0.6) is 0 Å². The number of aliphatic hydroxyl groups is 1. The molecular formula is C24H30F3N5O3S2. The van der Waals surface area contributed by atoms with E-state index in [0.29, 0.717) is 42.1 Å². The summed E-state index contributed by atoms with van der Waals surface area (Å²) in [6.45, 7) is 5.80. The maximum atomic E-state index is 14.0. The summed E-state index contributed by atoms with van der Waals surface area (Å²) in [7, 11) is -4.96. The first kappa shape index (κ1) is 27.6.